The summed E-state index contributed by atoms with van der Waals surface area (Å²) in [5, 5.41) is 5.67. The molecule has 0 unspecified atom stereocenters. The predicted octanol–water partition coefficient (Wildman–Crippen LogP) is 3.30. The van der Waals surface area contributed by atoms with E-state index in [1.807, 2.05) is 38.1 Å². The Morgan fingerprint density at radius 1 is 1.00 bits per heavy atom. The minimum Gasteiger partial charge on any atom is -0.353 e. The molecule has 2 N–H and O–H groups in total. The minimum atomic E-state index is -1.12. The van der Waals surface area contributed by atoms with Gasteiger partial charge in [-0.25, -0.2) is 0 Å². The Morgan fingerprint density at radius 3 is 2.10 bits per heavy atom. The first-order chi connectivity index (χ1) is 9.66. The van der Waals surface area contributed by atoms with Crippen LogP contribution in [0.4, 0.5) is 5.69 Å². The lowest BCUT2D eigenvalue weighted by atomic mass is 9.90. The molecule has 0 radical (unpaired) electrons. The van der Waals surface area contributed by atoms with Gasteiger partial charge in [-0.3, -0.25) is 9.59 Å². The van der Waals surface area contributed by atoms with E-state index in [0.717, 1.165) is 11.3 Å². The van der Waals surface area contributed by atoms with Crippen molar-refractivity contribution in [2.24, 2.45) is 5.41 Å². The zero-order chi connectivity index (χ0) is 16.2. The van der Waals surface area contributed by atoms with Crippen LogP contribution in [0.2, 0.25) is 0 Å². The molecule has 0 spiro atoms. The molecule has 1 rings (SSSR count). The van der Waals surface area contributed by atoms with Gasteiger partial charge in [0.25, 0.3) is 0 Å². The number of benzene rings is 1. The zero-order valence-corrected chi connectivity index (χ0v) is 13.8. The van der Waals surface area contributed by atoms with Crippen LogP contribution in [0.1, 0.15) is 53.0 Å². The molecule has 0 aliphatic heterocycles. The molecule has 4 nitrogen and oxygen atoms in total. The van der Waals surface area contributed by atoms with Crippen LogP contribution < -0.4 is 10.6 Å². The molecular formula is C17H26N2O2. The first-order valence-electron chi connectivity index (χ1n) is 7.37. The molecular weight excluding hydrogens is 264 g/mol. The first kappa shape index (κ1) is 17.2. The van der Waals surface area contributed by atoms with Crippen LogP contribution in [-0.2, 0) is 9.59 Å². The summed E-state index contributed by atoms with van der Waals surface area (Å²) in [4.78, 5) is 24.6. The largest absolute Gasteiger partial charge is 0.353 e. The molecule has 0 aliphatic rings. The van der Waals surface area contributed by atoms with Gasteiger partial charge in [-0.2, -0.15) is 0 Å². The highest BCUT2D eigenvalue weighted by Crippen LogP contribution is 2.26. The van der Waals surface area contributed by atoms with Crippen molar-refractivity contribution in [1.29, 1.82) is 0 Å². The lowest BCUT2D eigenvalue weighted by molar-refractivity contribution is -0.138. The Balaban J connectivity index is 2.93. The van der Waals surface area contributed by atoms with E-state index in [0.29, 0.717) is 5.92 Å². The summed E-state index contributed by atoms with van der Waals surface area (Å²) < 4.78 is 0. The quantitative estimate of drug-likeness (QED) is 0.817. The van der Waals surface area contributed by atoms with E-state index in [-0.39, 0.29) is 17.9 Å². The first-order valence-corrected chi connectivity index (χ1v) is 7.37. The van der Waals surface area contributed by atoms with Gasteiger partial charge in [-0.15, -0.1) is 0 Å². The van der Waals surface area contributed by atoms with Crippen LogP contribution in [0.25, 0.3) is 0 Å². The van der Waals surface area contributed by atoms with Gasteiger partial charge in [0.05, 0.1) is 0 Å². The number of carbonyl (C=O) groups is 2. The van der Waals surface area contributed by atoms with Crippen molar-refractivity contribution < 1.29 is 9.59 Å². The van der Waals surface area contributed by atoms with E-state index in [2.05, 4.69) is 24.5 Å². The molecule has 0 bridgehead atoms. The summed E-state index contributed by atoms with van der Waals surface area (Å²) in [5.74, 6) is -0.264. The van der Waals surface area contributed by atoms with Crippen LogP contribution in [0.3, 0.4) is 0 Å². The van der Waals surface area contributed by atoms with E-state index in [4.69, 9.17) is 0 Å². The zero-order valence-electron chi connectivity index (χ0n) is 13.8. The SMILES string of the molecule is CC(C)NC(=O)C(C)(C)C(=O)Nc1ccccc1C(C)C. The van der Waals surface area contributed by atoms with Crippen molar-refractivity contribution in [1.82, 2.24) is 5.32 Å². The maximum Gasteiger partial charge on any atom is 0.239 e. The minimum absolute atomic E-state index is 0.00697. The fraction of sp³-hybridized carbons (Fsp3) is 0.529. The van der Waals surface area contributed by atoms with Crippen molar-refractivity contribution in [2.75, 3.05) is 5.32 Å². The number of nitrogens with one attached hydrogen (secondary N) is 2. The second kappa shape index (κ2) is 6.74. The van der Waals surface area contributed by atoms with Crippen LogP contribution in [-0.4, -0.2) is 17.9 Å². The fourth-order valence-electron chi connectivity index (χ4n) is 1.94. The number of para-hydroxylation sites is 1. The molecule has 0 aromatic heterocycles. The van der Waals surface area contributed by atoms with E-state index < -0.39 is 5.41 Å². The maximum absolute atomic E-state index is 12.5. The standard InChI is InChI=1S/C17H26N2O2/c1-11(2)13-9-7-8-10-14(13)19-16(21)17(5,6)15(20)18-12(3)4/h7-12H,1-6H3,(H,18,20)(H,19,21). The Kier molecular flexibility index (Phi) is 5.53. The van der Waals surface area contributed by atoms with Crippen molar-refractivity contribution in [3.8, 4) is 0 Å². The molecule has 116 valence electrons. The molecule has 0 heterocycles. The van der Waals surface area contributed by atoms with Gasteiger partial charge in [0.15, 0.2) is 0 Å². The summed E-state index contributed by atoms with van der Waals surface area (Å²) in [7, 11) is 0. The van der Waals surface area contributed by atoms with Crippen molar-refractivity contribution in [3.63, 3.8) is 0 Å². The Bertz CT molecular complexity index is 519. The molecule has 1 aromatic carbocycles. The Labute approximate surface area is 127 Å². The summed E-state index contributed by atoms with van der Waals surface area (Å²) in [6, 6.07) is 7.68. The molecule has 2 amide bonds. The number of hydrogen-bond acceptors (Lipinski definition) is 2. The lowest BCUT2D eigenvalue weighted by Gasteiger charge is -2.25. The molecule has 0 saturated carbocycles. The van der Waals surface area contributed by atoms with Gasteiger partial charge in [-0.1, -0.05) is 32.0 Å². The summed E-state index contributed by atoms with van der Waals surface area (Å²) in [6.45, 7) is 11.2. The number of hydrogen-bond donors (Lipinski definition) is 2. The van der Waals surface area contributed by atoms with Crippen molar-refractivity contribution >= 4 is 17.5 Å². The molecule has 1 aromatic rings. The Morgan fingerprint density at radius 2 is 1.57 bits per heavy atom. The van der Waals surface area contributed by atoms with Gasteiger partial charge < -0.3 is 10.6 Å². The van der Waals surface area contributed by atoms with E-state index >= 15 is 0 Å². The van der Waals surface area contributed by atoms with Crippen LogP contribution in [0, 0.1) is 5.41 Å². The molecule has 4 heteroatoms. The fourth-order valence-corrected chi connectivity index (χ4v) is 1.94. The van der Waals surface area contributed by atoms with Crippen LogP contribution in [0.5, 0.6) is 0 Å². The van der Waals surface area contributed by atoms with Gasteiger partial charge in [0.2, 0.25) is 11.8 Å². The van der Waals surface area contributed by atoms with Crippen LogP contribution >= 0.6 is 0 Å². The van der Waals surface area contributed by atoms with Gasteiger partial charge in [0, 0.05) is 11.7 Å². The third kappa shape index (κ3) is 4.31. The number of rotatable bonds is 5. The topological polar surface area (TPSA) is 58.2 Å². The average Bonchev–Trinajstić information content (AvgIpc) is 2.38. The second-order valence-electron chi connectivity index (χ2n) is 6.45. The molecule has 0 saturated heterocycles. The van der Waals surface area contributed by atoms with Gasteiger partial charge >= 0.3 is 0 Å². The molecule has 0 aliphatic carbocycles. The highest BCUT2D eigenvalue weighted by Gasteiger charge is 2.36. The molecule has 21 heavy (non-hydrogen) atoms. The average molecular weight is 290 g/mol. The summed E-state index contributed by atoms with van der Waals surface area (Å²) >= 11 is 0. The third-order valence-corrected chi connectivity index (χ3v) is 3.39. The Hall–Kier alpha value is -1.84. The van der Waals surface area contributed by atoms with Crippen LogP contribution in [0.15, 0.2) is 24.3 Å². The van der Waals surface area contributed by atoms with Gasteiger partial charge in [-0.05, 0) is 45.2 Å². The molecule has 0 atom stereocenters. The van der Waals surface area contributed by atoms with Gasteiger partial charge in [0.1, 0.15) is 5.41 Å². The van der Waals surface area contributed by atoms with E-state index in [1.165, 1.54) is 0 Å². The second-order valence-corrected chi connectivity index (χ2v) is 6.45. The lowest BCUT2D eigenvalue weighted by Crippen LogP contribution is -2.47. The highest BCUT2D eigenvalue weighted by atomic mass is 16.2. The maximum atomic E-state index is 12.5. The predicted molar refractivity (Wildman–Crippen MR) is 86.2 cm³/mol. The van der Waals surface area contributed by atoms with Crippen molar-refractivity contribution in [2.45, 2.75) is 53.5 Å². The third-order valence-electron chi connectivity index (χ3n) is 3.39. The van der Waals surface area contributed by atoms with Crippen molar-refractivity contribution in [3.05, 3.63) is 29.8 Å². The van der Waals surface area contributed by atoms with E-state index in [9.17, 15) is 9.59 Å². The summed E-state index contributed by atoms with van der Waals surface area (Å²) in [5.41, 5.74) is 0.711. The monoisotopic (exact) mass is 290 g/mol. The summed E-state index contributed by atoms with van der Waals surface area (Å²) in [6.07, 6.45) is 0. The van der Waals surface area contributed by atoms with E-state index in [1.54, 1.807) is 13.8 Å². The number of amides is 2. The number of carbonyl (C=O) groups excluding carboxylic acids is 2. The molecule has 0 fully saturated rings. The normalized spacial score (nSPS) is 11.6. The number of anilines is 1. The smallest absolute Gasteiger partial charge is 0.239 e. The highest BCUT2D eigenvalue weighted by molar-refractivity contribution is 6.10.